The van der Waals surface area contributed by atoms with E-state index in [0.717, 1.165) is 5.56 Å². The van der Waals surface area contributed by atoms with E-state index in [2.05, 4.69) is 0 Å². The summed E-state index contributed by atoms with van der Waals surface area (Å²) in [5.74, 6) is 0.131. The summed E-state index contributed by atoms with van der Waals surface area (Å²) in [7, 11) is 1.49. The molecule has 0 radical (unpaired) electrons. The highest BCUT2D eigenvalue weighted by atomic mass is 16.5. The van der Waals surface area contributed by atoms with Crippen molar-refractivity contribution in [1.82, 2.24) is 0 Å². The van der Waals surface area contributed by atoms with Crippen LogP contribution >= 0.6 is 0 Å². The normalized spacial score (nSPS) is 9.67. The van der Waals surface area contributed by atoms with Crippen LogP contribution in [0.2, 0.25) is 0 Å². The van der Waals surface area contributed by atoms with Gasteiger partial charge in [-0.25, -0.2) is 0 Å². The van der Waals surface area contributed by atoms with E-state index in [1.54, 1.807) is 19.1 Å². The van der Waals surface area contributed by atoms with Gasteiger partial charge >= 0.3 is 5.97 Å². The maximum atomic E-state index is 11.5. The minimum atomic E-state index is -0.332. The minimum absolute atomic E-state index is 0.110. The second-order valence-corrected chi connectivity index (χ2v) is 3.62. The molecule has 0 saturated carbocycles. The molecule has 0 fully saturated rings. The van der Waals surface area contributed by atoms with Gasteiger partial charge in [0.05, 0.1) is 25.7 Å². The Hall–Kier alpha value is -2.06. The van der Waals surface area contributed by atoms with Crippen molar-refractivity contribution < 1.29 is 14.3 Å². The molecule has 0 atom stereocenters. The third-order valence-electron chi connectivity index (χ3n) is 2.50. The molecular formula is C13H16N2O3. The number of esters is 1. The van der Waals surface area contributed by atoms with Crippen molar-refractivity contribution in [3.63, 3.8) is 0 Å². The number of nitrogens with two attached hydrogens (primary N) is 1. The quantitative estimate of drug-likeness (QED) is 0.789. The third kappa shape index (κ3) is 3.22. The first-order chi connectivity index (χ1) is 8.65. The van der Waals surface area contributed by atoms with Crippen LogP contribution in [0.5, 0.6) is 5.75 Å². The van der Waals surface area contributed by atoms with Gasteiger partial charge in [0, 0.05) is 6.54 Å². The topological polar surface area (TPSA) is 85.3 Å². The van der Waals surface area contributed by atoms with Gasteiger partial charge in [0.25, 0.3) is 0 Å². The largest absolute Gasteiger partial charge is 0.495 e. The lowest BCUT2D eigenvalue weighted by Gasteiger charge is -2.11. The van der Waals surface area contributed by atoms with Crippen LogP contribution in [0.3, 0.4) is 0 Å². The first-order valence-corrected chi connectivity index (χ1v) is 5.61. The Morgan fingerprint density at radius 1 is 1.44 bits per heavy atom. The zero-order chi connectivity index (χ0) is 13.5. The highest BCUT2D eigenvalue weighted by Gasteiger charge is 2.13. The predicted molar refractivity (Wildman–Crippen MR) is 65.9 cm³/mol. The average molecular weight is 248 g/mol. The molecule has 0 aliphatic rings. The number of ether oxygens (including phenoxy) is 2. The van der Waals surface area contributed by atoms with Crippen LogP contribution in [0.25, 0.3) is 0 Å². The van der Waals surface area contributed by atoms with Crippen LogP contribution in [0, 0.1) is 11.3 Å². The Morgan fingerprint density at radius 3 is 2.67 bits per heavy atom. The number of hydrogen-bond donors (Lipinski definition) is 1. The van der Waals surface area contributed by atoms with Gasteiger partial charge < -0.3 is 15.2 Å². The molecule has 0 unspecified atom stereocenters. The van der Waals surface area contributed by atoms with Crippen LogP contribution < -0.4 is 10.5 Å². The molecule has 0 aromatic heterocycles. The fourth-order valence-corrected chi connectivity index (χ4v) is 1.65. The minimum Gasteiger partial charge on any atom is -0.495 e. The van der Waals surface area contributed by atoms with Crippen LogP contribution in [-0.2, 0) is 22.5 Å². The van der Waals surface area contributed by atoms with Gasteiger partial charge in [0.15, 0.2) is 0 Å². The Labute approximate surface area is 106 Å². The van der Waals surface area contributed by atoms with Crippen molar-refractivity contribution in [3.05, 3.63) is 28.8 Å². The smallest absolute Gasteiger partial charge is 0.310 e. The molecule has 0 heterocycles. The molecule has 1 rings (SSSR count). The third-order valence-corrected chi connectivity index (χ3v) is 2.50. The van der Waals surface area contributed by atoms with Crippen molar-refractivity contribution in [1.29, 1.82) is 5.26 Å². The summed E-state index contributed by atoms with van der Waals surface area (Å²) in [6.07, 6.45) is 0.110. The monoisotopic (exact) mass is 248 g/mol. The molecule has 0 saturated heterocycles. The van der Waals surface area contributed by atoms with Crippen molar-refractivity contribution in [2.75, 3.05) is 13.7 Å². The van der Waals surface area contributed by atoms with Gasteiger partial charge in [-0.3, -0.25) is 4.79 Å². The summed E-state index contributed by atoms with van der Waals surface area (Å²) in [6, 6.07) is 5.34. The van der Waals surface area contributed by atoms with Crippen LogP contribution in [0.1, 0.15) is 23.6 Å². The lowest BCUT2D eigenvalue weighted by molar-refractivity contribution is -0.142. The summed E-state index contributed by atoms with van der Waals surface area (Å²) in [4.78, 5) is 11.5. The van der Waals surface area contributed by atoms with E-state index in [4.69, 9.17) is 20.5 Å². The van der Waals surface area contributed by atoms with Gasteiger partial charge in [-0.2, -0.15) is 5.26 Å². The molecule has 96 valence electrons. The molecule has 5 nitrogen and oxygen atoms in total. The van der Waals surface area contributed by atoms with E-state index in [1.165, 1.54) is 7.11 Å². The SMILES string of the molecule is CCOC(=O)Cc1cc(C#N)c(OC)cc1CN. The lowest BCUT2D eigenvalue weighted by atomic mass is 10.0. The fraction of sp³-hybridized carbons (Fsp3) is 0.385. The zero-order valence-electron chi connectivity index (χ0n) is 10.5. The Morgan fingerprint density at radius 2 is 2.17 bits per heavy atom. The van der Waals surface area contributed by atoms with Gasteiger partial charge in [0.1, 0.15) is 11.8 Å². The van der Waals surface area contributed by atoms with E-state index < -0.39 is 0 Å². The fourth-order valence-electron chi connectivity index (χ4n) is 1.65. The first-order valence-electron chi connectivity index (χ1n) is 5.61. The van der Waals surface area contributed by atoms with Crippen LogP contribution in [0.4, 0.5) is 0 Å². The maximum absolute atomic E-state index is 11.5. The number of carbonyl (C=O) groups excluding carboxylic acids is 1. The Bertz CT molecular complexity index is 478. The highest BCUT2D eigenvalue weighted by Crippen LogP contribution is 2.23. The van der Waals surface area contributed by atoms with E-state index in [1.807, 2.05) is 6.07 Å². The van der Waals surface area contributed by atoms with E-state index in [0.29, 0.717) is 23.5 Å². The molecule has 0 amide bonds. The Balaban J connectivity index is 3.10. The van der Waals surface area contributed by atoms with Crippen molar-refractivity contribution in [3.8, 4) is 11.8 Å². The molecule has 5 heteroatoms. The van der Waals surface area contributed by atoms with Gasteiger partial charge in [0.2, 0.25) is 0 Å². The van der Waals surface area contributed by atoms with Crippen molar-refractivity contribution >= 4 is 5.97 Å². The standard InChI is InChI=1S/C13H16N2O3/c1-3-18-13(16)6-9-4-11(8-15)12(17-2)5-10(9)7-14/h4-5H,3,6-7,14H2,1-2H3. The first kappa shape index (κ1) is 14.0. The van der Waals surface area contributed by atoms with Gasteiger partial charge in [-0.15, -0.1) is 0 Å². The lowest BCUT2D eigenvalue weighted by Crippen LogP contribution is -2.11. The average Bonchev–Trinajstić information content (AvgIpc) is 2.38. The number of nitriles is 1. The Kier molecular flexibility index (Phi) is 5.15. The van der Waals surface area contributed by atoms with E-state index >= 15 is 0 Å². The van der Waals surface area contributed by atoms with E-state index in [-0.39, 0.29) is 18.9 Å². The summed E-state index contributed by atoms with van der Waals surface area (Å²) in [5, 5.41) is 9.00. The van der Waals surface area contributed by atoms with Crippen LogP contribution in [0.15, 0.2) is 12.1 Å². The molecule has 2 N–H and O–H groups in total. The summed E-state index contributed by atoms with van der Waals surface area (Å²) in [5.41, 5.74) is 7.49. The molecule has 0 bridgehead atoms. The second kappa shape index (κ2) is 6.62. The molecule has 1 aromatic rings. The molecule has 18 heavy (non-hydrogen) atoms. The molecule has 0 spiro atoms. The van der Waals surface area contributed by atoms with Crippen molar-refractivity contribution in [2.45, 2.75) is 19.9 Å². The molecular weight excluding hydrogens is 232 g/mol. The molecule has 1 aromatic carbocycles. The number of nitrogens with zero attached hydrogens (tertiary/aromatic N) is 1. The number of rotatable bonds is 5. The number of hydrogen-bond acceptors (Lipinski definition) is 5. The summed E-state index contributed by atoms with van der Waals surface area (Å²) < 4.78 is 9.97. The molecule has 0 aliphatic carbocycles. The number of carbonyl (C=O) groups is 1. The van der Waals surface area contributed by atoms with Crippen molar-refractivity contribution in [2.24, 2.45) is 5.73 Å². The molecule has 0 aliphatic heterocycles. The second-order valence-electron chi connectivity index (χ2n) is 3.62. The van der Waals surface area contributed by atoms with Gasteiger partial charge in [-0.05, 0) is 30.2 Å². The number of benzene rings is 1. The summed E-state index contributed by atoms with van der Waals surface area (Å²) >= 11 is 0. The van der Waals surface area contributed by atoms with Gasteiger partial charge in [-0.1, -0.05) is 0 Å². The maximum Gasteiger partial charge on any atom is 0.310 e. The highest BCUT2D eigenvalue weighted by molar-refractivity contribution is 5.73. The number of methoxy groups -OCH3 is 1. The predicted octanol–water partition coefficient (Wildman–Crippen LogP) is 1.13. The van der Waals surface area contributed by atoms with E-state index in [9.17, 15) is 4.79 Å². The summed E-state index contributed by atoms with van der Waals surface area (Å²) in [6.45, 7) is 2.35. The zero-order valence-corrected chi connectivity index (χ0v) is 10.5. The van der Waals surface area contributed by atoms with Crippen LogP contribution in [-0.4, -0.2) is 19.7 Å².